The SMILES string of the molecule is COc1cccc(C2NC(C(=O)O)(c3ccccc3)C3C(=O)N(c4ccc(C(C)=O)cc4)C(=O)C23)c1OCc1ccccc1. The van der Waals surface area contributed by atoms with Gasteiger partial charge in [0.1, 0.15) is 6.61 Å². The number of carbonyl (C=O) groups excluding carboxylic acids is 3. The molecule has 2 heterocycles. The Bertz CT molecular complexity index is 1740. The molecule has 2 aliphatic rings. The van der Waals surface area contributed by atoms with E-state index in [1.807, 2.05) is 30.3 Å². The number of hydrogen-bond donors (Lipinski definition) is 2. The van der Waals surface area contributed by atoms with Crippen molar-refractivity contribution in [1.82, 2.24) is 5.32 Å². The molecule has 2 aliphatic heterocycles. The first-order valence-corrected chi connectivity index (χ1v) is 14.2. The average Bonchev–Trinajstić information content (AvgIpc) is 3.54. The zero-order valence-electron chi connectivity index (χ0n) is 24.1. The Kier molecular flexibility index (Phi) is 7.48. The van der Waals surface area contributed by atoms with Gasteiger partial charge in [0.15, 0.2) is 22.8 Å². The van der Waals surface area contributed by atoms with Gasteiger partial charge in [0.25, 0.3) is 0 Å². The van der Waals surface area contributed by atoms with Crippen LogP contribution in [0.5, 0.6) is 11.5 Å². The number of nitrogens with zero attached hydrogens (tertiary/aromatic N) is 1. The van der Waals surface area contributed by atoms with Crippen LogP contribution < -0.4 is 19.7 Å². The van der Waals surface area contributed by atoms with Gasteiger partial charge in [-0.05, 0) is 48.4 Å². The Balaban J connectivity index is 1.50. The van der Waals surface area contributed by atoms with E-state index in [0.29, 0.717) is 28.2 Å². The minimum absolute atomic E-state index is 0.160. The molecule has 0 spiro atoms. The number of hydrogen-bond acceptors (Lipinski definition) is 7. The van der Waals surface area contributed by atoms with Crippen LogP contribution in [0.4, 0.5) is 5.69 Å². The minimum atomic E-state index is -1.93. The number of fused-ring (bicyclic) bond motifs is 1. The van der Waals surface area contributed by atoms with Crippen molar-refractivity contribution in [3.63, 3.8) is 0 Å². The van der Waals surface area contributed by atoms with E-state index >= 15 is 0 Å². The van der Waals surface area contributed by atoms with E-state index in [1.165, 1.54) is 26.2 Å². The molecule has 0 bridgehead atoms. The number of rotatable bonds is 9. The molecule has 0 saturated carbocycles. The molecule has 2 fully saturated rings. The van der Waals surface area contributed by atoms with Gasteiger partial charge in [-0.25, -0.2) is 9.69 Å². The molecule has 4 atom stereocenters. The van der Waals surface area contributed by atoms with Crippen molar-refractivity contribution < 1.29 is 33.8 Å². The number of benzene rings is 4. The lowest BCUT2D eigenvalue weighted by Crippen LogP contribution is -2.53. The molecule has 4 aromatic carbocycles. The maximum absolute atomic E-state index is 14.3. The maximum atomic E-state index is 14.3. The number of anilines is 1. The number of carboxylic acid groups (broad SMARTS) is 1. The summed E-state index contributed by atoms with van der Waals surface area (Å²) in [5.41, 5.74) is 0.485. The number of carbonyl (C=O) groups is 4. The summed E-state index contributed by atoms with van der Waals surface area (Å²) in [7, 11) is 1.50. The summed E-state index contributed by atoms with van der Waals surface area (Å²) in [6.07, 6.45) is 0. The summed E-state index contributed by atoms with van der Waals surface area (Å²) in [5.74, 6) is -4.29. The third kappa shape index (κ3) is 4.62. The molecule has 0 aliphatic carbocycles. The average molecular weight is 591 g/mol. The molecule has 2 N–H and O–H groups in total. The molecule has 9 nitrogen and oxygen atoms in total. The Morgan fingerprint density at radius 2 is 1.52 bits per heavy atom. The smallest absolute Gasteiger partial charge is 0.329 e. The lowest BCUT2D eigenvalue weighted by molar-refractivity contribution is -0.149. The van der Waals surface area contributed by atoms with Gasteiger partial charge >= 0.3 is 5.97 Å². The van der Waals surface area contributed by atoms with Crippen molar-refractivity contribution >= 4 is 29.3 Å². The topological polar surface area (TPSA) is 122 Å². The fourth-order valence-corrected chi connectivity index (χ4v) is 6.38. The number of ether oxygens (including phenoxy) is 2. The first kappa shape index (κ1) is 28.8. The highest BCUT2D eigenvalue weighted by Gasteiger charge is 2.69. The van der Waals surface area contributed by atoms with Crippen molar-refractivity contribution in [2.24, 2.45) is 11.8 Å². The number of aliphatic carboxylic acids is 1. The summed E-state index contributed by atoms with van der Waals surface area (Å²) in [6, 6.07) is 28.4. The third-order valence-electron chi connectivity index (χ3n) is 8.45. The number of amides is 2. The van der Waals surface area contributed by atoms with E-state index in [4.69, 9.17) is 9.47 Å². The Morgan fingerprint density at radius 1 is 0.864 bits per heavy atom. The molecule has 4 aromatic rings. The molecule has 0 radical (unpaired) electrons. The van der Waals surface area contributed by atoms with E-state index in [0.717, 1.165) is 10.5 Å². The second-order valence-corrected chi connectivity index (χ2v) is 10.9. The normalized spacial score (nSPS) is 22.5. The summed E-state index contributed by atoms with van der Waals surface area (Å²) < 4.78 is 11.9. The van der Waals surface area contributed by atoms with Crippen molar-refractivity contribution in [1.29, 1.82) is 0 Å². The van der Waals surface area contributed by atoms with Crippen LogP contribution in [0.25, 0.3) is 0 Å². The van der Waals surface area contributed by atoms with Crippen LogP contribution in [0.3, 0.4) is 0 Å². The quantitative estimate of drug-likeness (QED) is 0.208. The van der Waals surface area contributed by atoms with E-state index in [2.05, 4.69) is 5.32 Å². The molecule has 2 saturated heterocycles. The van der Waals surface area contributed by atoms with Gasteiger partial charge in [-0.2, -0.15) is 0 Å². The molecule has 0 aromatic heterocycles. The molecule has 222 valence electrons. The van der Waals surface area contributed by atoms with Crippen molar-refractivity contribution in [3.05, 3.63) is 125 Å². The molecule has 2 amide bonds. The van der Waals surface area contributed by atoms with Crippen molar-refractivity contribution in [3.8, 4) is 11.5 Å². The molecular weight excluding hydrogens is 560 g/mol. The molecule has 9 heteroatoms. The van der Waals surface area contributed by atoms with E-state index in [-0.39, 0.29) is 18.1 Å². The lowest BCUT2D eigenvalue weighted by atomic mass is 9.75. The third-order valence-corrected chi connectivity index (χ3v) is 8.45. The molecule has 4 unspecified atom stereocenters. The van der Waals surface area contributed by atoms with Gasteiger partial charge in [-0.3, -0.25) is 19.7 Å². The fourth-order valence-electron chi connectivity index (χ4n) is 6.38. The highest BCUT2D eigenvalue weighted by atomic mass is 16.5. The molecular formula is C35H30N2O7. The van der Waals surface area contributed by atoms with E-state index < -0.39 is 41.2 Å². The number of imide groups is 1. The number of Topliss-reactive ketones (excluding diaryl/α,β-unsaturated/α-hetero) is 1. The van der Waals surface area contributed by atoms with Crippen LogP contribution in [0.1, 0.15) is 40.0 Å². The van der Waals surface area contributed by atoms with Crippen LogP contribution >= 0.6 is 0 Å². The number of ketones is 1. The number of methoxy groups -OCH3 is 1. The standard InChI is InChI=1S/C35H30N2O7/c1-21(38)23-16-18-25(19-17-23)37-32(39)28-29(33(37)40)35(34(41)42,24-12-7-4-8-13-24)36-30(28)26-14-9-15-27(43-2)31(26)44-20-22-10-5-3-6-11-22/h3-19,28-30,36H,20H2,1-2H3,(H,41,42). The summed E-state index contributed by atoms with van der Waals surface area (Å²) in [5, 5.41) is 14.1. The minimum Gasteiger partial charge on any atom is -0.493 e. The van der Waals surface area contributed by atoms with E-state index in [9.17, 15) is 24.3 Å². The zero-order valence-corrected chi connectivity index (χ0v) is 24.1. The predicted molar refractivity (Wildman–Crippen MR) is 161 cm³/mol. The van der Waals surface area contributed by atoms with Crippen LogP contribution in [0.15, 0.2) is 103 Å². The first-order valence-electron chi connectivity index (χ1n) is 14.2. The number of carboxylic acids is 1. The van der Waals surface area contributed by atoms with Crippen LogP contribution in [-0.4, -0.2) is 35.8 Å². The molecule has 6 rings (SSSR count). The Hall–Kier alpha value is -5.28. The maximum Gasteiger partial charge on any atom is 0.329 e. The highest BCUT2D eigenvalue weighted by molar-refractivity contribution is 6.24. The van der Waals surface area contributed by atoms with Crippen LogP contribution in [0, 0.1) is 11.8 Å². The summed E-state index contributed by atoms with van der Waals surface area (Å²) >= 11 is 0. The predicted octanol–water partition coefficient (Wildman–Crippen LogP) is 4.91. The van der Waals surface area contributed by atoms with Crippen LogP contribution in [0.2, 0.25) is 0 Å². The monoisotopic (exact) mass is 590 g/mol. The Morgan fingerprint density at radius 3 is 2.14 bits per heavy atom. The van der Waals surface area contributed by atoms with Crippen molar-refractivity contribution in [2.75, 3.05) is 12.0 Å². The van der Waals surface area contributed by atoms with Crippen LogP contribution in [-0.2, 0) is 26.5 Å². The van der Waals surface area contributed by atoms with Gasteiger partial charge < -0.3 is 14.6 Å². The largest absolute Gasteiger partial charge is 0.493 e. The van der Waals surface area contributed by atoms with E-state index in [1.54, 1.807) is 60.7 Å². The van der Waals surface area contributed by atoms with Gasteiger partial charge in [-0.15, -0.1) is 0 Å². The lowest BCUT2D eigenvalue weighted by Gasteiger charge is -2.32. The Labute approximate surface area is 254 Å². The number of para-hydroxylation sites is 1. The summed E-state index contributed by atoms with van der Waals surface area (Å²) in [4.78, 5) is 54.9. The molecule has 44 heavy (non-hydrogen) atoms. The van der Waals surface area contributed by atoms with Gasteiger partial charge in [0, 0.05) is 17.2 Å². The zero-order chi connectivity index (χ0) is 31.0. The highest BCUT2D eigenvalue weighted by Crippen LogP contribution is 2.55. The summed E-state index contributed by atoms with van der Waals surface area (Å²) in [6.45, 7) is 1.62. The van der Waals surface area contributed by atoms with Gasteiger partial charge in [0.05, 0.1) is 24.6 Å². The second-order valence-electron chi connectivity index (χ2n) is 10.9. The number of nitrogens with one attached hydrogen (secondary N) is 1. The van der Waals surface area contributed by atoms with Crippen molar-refractivity contribution in [2.45, 2.75) is 25.1 Å². The fraction of sp³-hybridized carbons (Fsp3) is 0.200. The first-order chi connectivity index (χ1) is 21.3. The second kappa shape index (κ2) is 11.4. The van der Waals surface area contributed by atoms with Gasteiger partial charge in [0.2, 0.25) is 11.8 Å². The van der Waals surface area contributed by atoms with Gasteiger partial charge in [-0.1, -0.05) is 72.8 Å².